The topological polar surface area (TPSA) is 3.24 Å². The number of nitrogens with zero attached hydrogens (tertiary/aromatic N) is 1. The summed E-state index contributed by atoms with van der Waals surface area (Å²) in [7, 11) is 0. The lowest BCUT2D eigenvalue weighted by Crippen LogP contribution is -2.34. The van der Waals surface area contributed by atoms with Crippen LogP contribution < -0.4 is 0 Å². The minimum Gasteiger partial charge on any atom is -0.295 e. The van der Waals surface area contributed by atoms with Crippen LogP contribution >= 0.6 is 11.8 Å². The van der Waals surface area contributed by atoms with Crippen molar-refractivity contribution >= 4 is 11.8 Å². The van der Waals surface area contributed by atoms with E-state index in [0.717, 1.165) is 0 Å². The molecule has 21 heavy (non-hydrogen) atoms. The monoisotopic (exact) mass is 295 g/mol. The first-order valence-electron chi connectivity index (χ1n) is 7.84. The van der Waals surface area contributed by atoms with Crippen molar-refractivity contribution in [3.05, 3.63) is 65.2 Å². The number of fused-ring (bicyclic) bond motifs is 3. The highest BCUT2D eigenvalue weighted by Crippen LogP contribution is 2.45. The van der Waals surface area contributed by atoms with Crippen molar-refractivity contribution in [2.75, 3.05) is 19.3 Å². The Morgan fingerprint density at radius 2 is 1.67 bits per heavy atom. The zero-order valence-corrected chi connectivity index (χ0v) is 13.3. The SMILES string of the molecule is CSc1ccccc1[C@@H]1CN2CCC[C@H]2c2ccccc21. The fourth-order valence-corrected chi connectivity index (χ4v) is 4.74. The second kappa shape index (κ2) is 5.51. The van der Waals surface area contributed by atoms with Gasteiger partial charge in [0, 0.05) is 23.4 Å². The maximum absolute atomic E-state index is 2.70. The van der Waals surface area contributed by atoms with Gasteiger partial charge in [0.25, 0.3) is 0 Å². The molecule has 2 atom stereocenters. The lowest BCUT2D eigenvalue weighted by Gasteiger charge is -2.38. The van der Waals surface area contributed by atoms with E-state index in [9.17, 15) is 0 Å². The smallest absolute Gasteiger partial charge is 0.0351 e. The van der Waals surface area contributed by atoms with Crippen LogP contribution in [0.4, 0.5) is 0 Å². The average molecular weight is 295 g/mol. The first kappa shape index (κ1) is 13.4. The molecule has 2 aromatic carbocycles. The fourth-order valence-electron chi connectivity index (χ4n) is 4.08. The minimum atomic E-state index is 0.527. The highest BCUT2D eigenvalue weighted by atomic mass is 32.2. The van der Waals surface area contributed by atoms with Crippen LogP contribution in [0, 0.1) is 0 Å². The Hall–Kier alpha value is -1.25. The zero-order valence-electron chi connectivity index (χ0n) is 12.5. The summed E-state index contributed by atoms with van der Waals surface area (Å²) in [6.07, 6.45) is 4.86. The predicted molar refractivity (Wildman–Crippen MR) is 90.1 cm³/mol. The lowest BCUT2D eigenvalue weighted by atomic mass is 9.81. The van der Waals surface area contributed by atoms with E-state index < -0.39 is 0 Å². The van der Waals surface area contributed by atoms with Crippen LogP contribution in [-0.2, 0) is 0 Å². The summed E-state index contributed by atoms with van der Waals surface area (Å²) in [6.45, 7) is 2.44. The summed E-state index contributed by atoms with van der Waals surface area (Å²) in [6, 6.07) is 18.7. The Balaban J connectivity index is 1.84. The van der Waals surface area contributed by atoms with E-state index in [1.165, 1.54) is 36.4 Å². The molecule has 0 radical (unpaired) electrons. The van der Waals surface area contributed by atoms with Crippen molar-refractivity contribution in [2.24, 2.45) is 0 Å². The van der Waals surface area contributed by atoms with Crippen molar-refractivity contribution in [3.8, 4) is 0 Å². The van der Waals surface area contributed by atoms with E-state index in [4.69, 9.17) is 0 Å². The van der Waals surface area contributed by atoms with Gasteiger partial charge in [-0.1, -0.05) is 42.5 Å². The average Bonchev–Trinajstić information content (AvgIpc) is 3.03. The first-order valence-corrected chi connectivity index (χ1v) is 9.06. The van der Waals surface area contributed by atoms with Crippen molar-refractivity contribution in [1.29, 1.82) is 0 Å². The summed E-state index contributed by atoms with van der Waals surface area (Å²) in [4.78, 5) is 4.12. The van der Waals surface area contributed by atoms with E-state index in [1.54, 1.807) is 11.1 Å². The van der Waals surface area contributed by atoms with Gasteiger partial charge in [-0.25, -0.2) is 0 Å². The third kappa shape index (κ3) is 2.21. The molecule has 2 aliphatic rings. The summed E-state index contributed by atoms with van der Waals surface area (Å²) in [5.41, 5.74) is 4.63. The normalized spacial score (nSPS) is 24.6. The van der Waals surface area contributed by atoms with Crippen molar-refractivity contribution in [2.45, 2.75) is 29.7 Å². The van der Waals surface area contributed by atoms with E-state index in [2.05, 4.69) is 59.7 Å². The second-order valence-corrected chi connectivity index (χ2v) is 6.92. The molecule has 0 unspecified atom stereocenters. The van der Waals surface area contributed by atoms with E-state index >= 15 is 0 Å². The van der Waals surface area contributed by atoms with Gasteiger partial charge in [0.2, 0.25) is 0 Å². The Labute approximate surface area is 131 Å². The molecule has 2 aliphatic heterocycles. The molecular formula is C19H21NS. The molecule has 2 aromatic rings. The van der Waals surface area contributed by atoms with Crippen LogP contribution in [0.2, 0.25) is 0 Å². The molecule has 1 nitrogen and oxygen atoms in total. The summed E-state index contributed by atoms with van der Waals surface area (Å²) >= 11 is 1.87. The molecule has 0 aromatic heterocycles. The Morgan fingerprint density at radius 1 is 0.952 bits per heavy atom. The molecule has 4 rings (SSSR count). The quantitative estimate of drug-likeness (QED) is 0.739. The van der Waals surface area contributed by atoms with Gasteiger partial charge in [-0.2, -0.15) is 0 Å². The van der Waals surface area contributed by atoms with Crippen LogP contribution in [0.25, 0.3) is 0 Å². The largest absolute Gasteiger partial charge is 0.295 e. The second-order valence-electron chi connectivity index (χ2n) is 6.08. The summed E-state index contributed by atoms with van der Waals surface area (Å²) < 4.78 is 0. The highest BCUT2D eigenvalue weighted by molar-refractivity contribution is 7.98. The molecule has 0 spiro atoms. The lowest BCUT2D eigenvalue weighted by molar-refractivity contribution is 0.229. The summed E-state index contributed by atoms with van der Waals surface area (Å²) in [5.74, 6) is 0.527. The van der Waals surface area contributed by atoms with Gasteiger partial charge in [0.15, 0.2) is 0 Å². The first-order chi connectivity index (χ1) is 10.4. The van der Waals surface area contributed by atoms with Crippen LogP contribution in [0.15, 0.2) is 53.4 Å². The Kier molecular flexibility index (Phi) is 3.52. The maximum Gasteiger partial charge on any atom is 0.0351 e. The molecule has 0 saturated carbocycles. The molecular weight excluding hydrogens is 274 g/mol. The van der Waals surface area contributed by atoms with E-state index in [0.29, 0.717) is 12.0 Å². The molecule has 0 amide bonds. The molecule has 2 heteroatoms. The van der Waals surface area contributed by atoms with Gasteiger partial charge in [-0.15, -0.1) is 11.8 Å². The van der Waals surface area contributed by atoms with Crippen molar-refractivity contribution in [3.63, 3.8) is 0 Å². The third-order valence-corrected chi connectivity index (χ3v) is 5.84. The molecule has 108 valence electrons. The Morgan fingerprint density at radius 3 is 2.48 bits per heavy atom. The molecule has 1 fully saturated rings. The van der Waals surface area contributed by atoms with Crippen LogP contribution in [0.5, 0.6) is 0 Å². The highest BCUT2D eigenvalue weighted by Gasteiger charge is 2.36. The van der Waals surface area contributed by atoms with Gasteiger partial charge in [-0.05, 0) is 48.4 Å². The third-order valence-electron chi connectivity index (χ3n) is 5.03. The fraction of sp³-hybridized carbons (Fsp3) is 0.368. The number of benzene rings is 2. The molecule has 0 N–H and O–H groups in total. The minimum absolute atomic E-state index is 0.527. The van der Waals surface area contributed by atoms with Gasteiger partial charge in [-0.3, -0.25) is 4.90 Å². The van der Waals surface area contributed by atoms with Crippen LogP contribution in [0.3, 0.4) is 0 Å². The summed E-state index contributed by atoms with van der Waals surface area (Å²) in [5, 5.41) is 0. The molecule has 2 heterocycles. The van der Waals surface area contributed by atoms with Gasteiger partial charge in [0.1, 0.15) is 0 Å². The molecule has 0 aliphatic carbocycles. The Bertz CT molecular complexity index is 652. The predicted octanol–water partition coefficient (Wildman–Crippen LogP) is 4.69. The van der Waals surface area contributed by atoms with Gasteiger partial charge < -0.3 is 0 Å². The van der Waals surface area contributed by atoms with Crippen LogP contribution in [0.1, 0.15) is 41.5 Å². The number of thioether (sulfide) groups is 1. The van der Waals surface area contributed by atoms with Gasteiger partial charge in [0.05, 0.1) is 0 Å². The molecule has 0 bridgehead atoms. The number of hydrogen-bond donors (Lipinski definition) is 0. The van der Waals surface area contributed by atoms with E-state index in [-0.39, 0.29) is 0 Å². The zero-order chi connectivity index (χ0) is 14.2. The number of rotatable bonds is 2. The molecule has 1 saturated heterocycles. The number of hydrogen-bond acceptors (Lipinski definition) is 2. The van der Waals surface area contributed by atoms with E-state index in [1.807, 2.05) is 11.8 Å². The van der Waals surface area contributed by atoms with Gasteiger partial charge >= 0.3 is 0 Å². The van der Waals surface area contributed by atoms with Crippen LogP contribution in [-0.4, -0.2) is 24.2 Å². The van der Waals surface area contributed by atoms with Crippen molar-refractivity contribution in [1.82, 2.24) is 4.90 Å². The standard InChI is InChI=1S/C19H21NS/c1-21-19-11-5-4-9-16(19)17-13-20-12-6-10-18(20)15-8-3-2-7-14(15)17/h2-5,7-9,11,17-18H,6,10,12-13H2,1H3/t17-,18+/m1/s1. The van der Waals surface area contributed by atoms with Crippen molar-refractivity contribution < 1.29 is 0 Å². The maximum atomic E-state index is 2.70.